The van der Waals surface area contributed by atoms with E-state index >= 15 is 0 Å². The average Bonchev–Trinajstić information content (AvgIpc) is 2.58. The lowest BCUT2D eigenvalue weighted by Crippen LogP contribution is -2.43. The van der Waals surface area contributed by atoms with Gasteiger partial charge in [-0.25, -0.2) is 4.98 Å². The molecular formula is C17H25N3O4. The molecule has 1 aromatic heterocycles. The van der Waals surface area contributed by atoms with E-state index in [2.05, 4.69) is 4.98 Å². The van der Waals surface area contributed by atoms with Gasteiger partial charge in [-0.2, -0.15) is 0 Å². The van der Waals surface area contributed by atoms with Crippen molar-refractivity contribution in [1.82, 2.24) is 14.5 Å². The molecule has 0 unspecified atom stereocenters. The molecule has 7 heteroatoms. The van der Waals surface area contributed by atoms with Crippen molar-refractivity contribution in [2.24, 2.45) is 5.92 Å². The quantitative estimate of drug-likeness (QED) is 0.724. The molecule has 1 saturated heterocycles. The molecule has 0 aromatic carbocycles. The fourth-order valence-corrected chi connectivity index (χ4v) is 2.85. The third-order valence-electron chi connectivity index (χ3n) is 4.22. The number of amides is 1. The zero-order valence-corrected chi connectivity index (χ0v) is 14.4. The topological polar surface area (TPSA) is 81.5 Å². The molecular weight excluding hydrogens is 310 g/mol. The van der Waals surface area contributed by atoms with E-state index in [1.807, 2.05) is 6.92 Å². The number of aryl methyl sites for hydroxylation is 1. The van der Waals surface area contributed by atoms with Crippen LogP contribution in [0.25, 0.3) is 0 Å². The van der Waals surface area contributed by atoms with Gasteiger partial charge in [0, 0.05) is 24.8 Å². The first-order chi connectivity index (χ1) is 11.5. The van der Waals surface area contributed by atoms with Crippen LogP contribution in [0.5, 0.6) is 0 Å². The van der Waals surface area contributed by atoms with Crippen LogP contribution in [0, 0.1) is 5.92 Å². The van der Waals surface area contributed by atoms with Crippen LogP contribution in [-0.4, -0.2) is 46.0 Å². The van der Waals surface area contributed by atoms with Crippen LogP contribution in [-0.2, 0) is 27.3 Å². The van der Waals surface area contributed by atoms with Crippen LogP contribution in [0.2, 0.25) is 0 Å². The van der Waals surface area contributed by atoms with Crippen LogP contribution in [0.3, 0.4) is 0 Å². The second-order valence-electron chi connectivity index (χ2n) is 6.00. The highest BCUT2D eigenvalue weighted by atomic mass is 16.5. The normalized spacial score (nSPS) is 15.3. The predicted octanol–water partition coefficient (Wildman–Crippen LogP) is 0.997. The number of carbonyl (C=O) groups is 2. The highest BCUT2D eigenvalue weighted by Gasteiger charge is 2.28. The van der Waals surface area contributed by atoms with Crippen LogP contribution in [0.15, 0.2) is 17.2 Å². The van der Waals surface area contributed by atoms with E-state index in [0.29, 0.717) is 32.5 Å². The van der Waals surface area contributed by atoms with E-state index in [1.165, 1.54) is 17.0 Å². The number of hydrogen-bond acceptors (Lipinski definition) is 5. The molecule has 1 fully saturated rings. The van der Waals surface area contributed by atoms with Crippen molar-refractivity contribution in [1.29, 1.82) is 0 Å². The molecule has 7 nitrogen and oxygen atoms in total. The molecule has 0 aliphatic carbocycles. The molecule has 0 saturated carbocycles. The van der Waals surface area contributed by atoms with Crippen LogP contribution < -0.4 is 5.56 Å². The first-order valence-electron chi connectivity index (χ1n) is 8.54. The minimum Gasteiger partial charge on any atom is -0.466 e. The number of carbonyl (C=O) groups excluding carboxylic acids is 2. The maximum absolute atomic E-state index is 12.4. The third kappa shape index (κ3) is 4.66. The third-order valence-corrected chi connectivity index (χ3v) is 4.22. The Morgan fingerprint density at radius 1 is 1.29 bits per heavy atom. The molecule has 2 rings (SSSR count). The maximum atomic E-state index is 12.4. The Morgan fingerprint density at radius 2 is 2.00 bits per heavy atom. The lowest BCUT2D eigenvalue weighted by Gasteiger charge is -2.31. The minimum absolute atomic E-state index is 0.0116. The van der Waals surface area contributed by atoms with E-state index in [0.717, 1.165) is 18.5 Å². The van der Waals surface area contributed by atoms with Crippen LogP contribution >= 0.6 is 0 Å². The van der Waals surface area contributed by atoms with Crippen molar-refractivity contribution in [2.45, 2.75) is 46.1 Å². The zero-order chi connectivity index (χ0) is 17.5. The molecule has 24 heavy (non-hydrogen) atoms. The van der Waals surface area contributed by atoms with Gasteiger partial charge in [0.15, 0.2) is 0 Å². The SMILES string of the molecule is CCCc1cc(=O)n(CC(=O)N2CCC(C(=O)OCC)CC2)cn1. The minimum atomic E-state index is -0.205. The summed E-state index contributed by atoms with van der Waals surface area (Å²) >= 11 is 0. The van der Waals surface area contributed by atoms with Gasteiger partial charge in [0.1, 0.15) is 6.54 Å². The van der Waals surface area contributed by atoms with Gasteiger partial charge >= 0.3 is 5.97 Å². The Labute approximate surface area is 141 Å². The summed E-state index contributed by atoms with van der Waals surface area (Å²) in [4.78, 5) is 42.0. The largest absolute Gasteiger partial charge is 0.466 e. The van der Waals surface area contributed by atoms with Gasteiger partial charge in [0.25, 0.3) is 5.56 Å². The molecule has 0 spiro atoms. The summed E-state index contributed by atoms with van der Waals surface area (Å²) in [6, 6.07) is 1.49. The van der Waals surface area contributed by atoms with Gasteiger partial charge in [0.05, 0.1) is 18.9 Å². The van der Waals surface area contributed by atoms with Gasteiger partial charge in [-0.3, -0.25) is 19.0 Å². The molecule has 132 valence electrons. The van der Waals surface area contributed by atoms with E-state index in [9.17, 15) is 14.4 Å². The van der Waals surface area contributed by atoms with Gasteiger partial charge in [-0.05, 0) is 26.2 Å². The summed E-state index contributed by atoms with van der Waals surface area (Å²) in [6.45, 7) is 5.20. The Balaban J connectivity index is 1.90. The summed E-state index contributed by atoms with van der Waals surface area (Å²) in [6.07, 6.45) is 4.33. The van der Waals surface area contributed by atoms with Crippen molar-refractivity contribution in [3.63, 3.8) is 0 Å². The second-order valence-corrected chi connectivity index (χ2v) is 6.00. The smallest absolute Gasteiger partial charge is 0.309 e. The molecule has 0 N–H and O–H groups in total. The Hall–Kier alpha value is -2.18. The summed E-state index contributed by atoms with van der Waals surface area (Å²) in [7, 11) is 0. The van der Waals surface area contributed by atoms with Gasteiger partial charge in [-0.1, -0.05) is 13.3 Å². The summed E-state index contributed by atoms with van der Waals surface area (Å²) in [5.41, 5.74) is 0.546. The monoisotopic (exact) mass is 335 g/mol. The lowest BCUT2D eigenvalue weighted by molar-refractivity contribution is -0.151. The van der Waals surface area contributed by atoms with Crippen molar-refractivity contribution in [3.05, 3.63) is 28.4 Å². The molecule has 1 aromatic rings. The maximum Gasteiger partial charge on any atom is 0.309 e. The van der Waals surface area contributed by atoms with E-state index in [4.69, 9.17) is 4.74 Å². The van der Waals surface area contributed by atoms with E-state index in [-0.39, 0.29) is 29.9 Å². The summed E-state index contributed by atoms with van der Waals surface area (Å²) in [5, 5.41) is 0. The fourth-order valence-electron chi connectivity index (χ4n) is 2.85. The van der Waals surface area contributed by atoms with Gasteiger partial charge in [0.2, 0.25) is 5.91 Å². The van der Waals surface area contributed by atoms with Crippen LogP contribution in [0.4, 0.5) is 0 Å². The molecule has 1 amide bonds. The number of hydrogen-bond donors (Lipinski definition) is 0. The van der Waals surface area contributed by atoms with Crippen molar-refractivity contribution < 1.29 is 14.3 Å². The number of nitrogens with zero attached hydrogens (tertiary/aromatic N) is 3. The Bertz CT molecular complexity index is 633. The average molecular weight is 335 g/mol. The Morgan fingerprint density at radius 3 is 2.58 bits per heavy atom. The zero-order valence-electron chi connectivity index (χ0n) is 14.4. The van der Waals surface area contributed by atoms with E-state index < -0.39 is 0 Å². The molecule has 2 heterocycles. The van der Waals surface area contributed by atoms with Crippen molar-refractivity contribution in [3.8, 4) is 0 Å². The number of esters is 1. The molecule has 1 aliphatic rings. The number of ether oxygens (including phenoxy) is 1. The highest BCUT2D eigenvalue weighted by molar-refractivity contribution is 5.77. The van der Waals surface area contributed by atoms with Crippen LogP contribution in [0.1, 0.15) is 38.8 Å². The second kappa shape index (κ2) is 8.61. The fraction of sp³-hybridized carbons (Fsp3) is 0.647. The van der Waals surface area contributed by atoms with Crippen molar-refractivity contribution >= 4 is 11.9 Å². The molecule has 0 bridgehead atoms. The summed E-state index contributed by atoms with van der Waals surface area (Å²) in [5.74, 6) is -0.437. The van der Waals surface area contributed by atoms with Gasteiger partial charge < -0.3 is 9.64 Å². The van der Waals surface area contributed by atoms with E-state index in [1.54, 1.807) is 11.8 Å². The molecule has 0 radical (unpaired) electrons. The highest BCUT2D eigenvalue weighted by Crippen LogP contribution is 2.18. The van der Waals surface area contributed by atoms with Crippen molar-refractivity contribution in [2.75, 3.05) is 19.7 Å². The molecule has 0 atom stereocenters. The lowest BCUT2D eigenvalue weighted by atomic mass is 9.97. The Kier molecular flexibility index (Phi) is 6.52. The standard InChI is InChI=1S/C17H25N3O4/c1-3-5-14-10-15(21)20(12-18-14)11-16(22)19-8-6-13(7-9-19)17(23)24-4-2/h10,12-13H,3-9,11H2,1-2H3. The number of aromatic nitrogens is 2. The molecule has 1 aliphatic heterocycles. The van der Waals surface area contributed by atoms with Gasteiger partial charge in [-0.15, -0.1) is 0 Å². The number of likely N-dealkylation sites (tertiary alicyclic amines) is 1. The summed E-state index contributed by atoms with van der Waals surface area (Å²) < 4.78 is 6.36. The first kappa shape index (κ1) is 18.2. The number of rotatable bonds is 6. The predicted molar refractivity (Wildman–Crippen MR) is 88.4 cm³/mol. The first-order valence-corrected chi connectivity index (χ1v) is 8.54. The number of piperidine rings is 1.